The minimum absolute atomic E-state index is 0.0856. The summed E-state index contributed by atoms with van der Waals surface area (Å²) in [6.45, 7) is 5.66. The molecular weight excluding hydrogens is 240 g/mol. The van der Waals surface area contributed by atoms with Crippen LogP contribution < -0.4 is 0 Å². The smallest absolute Gasteiger partial charge is 0.351 e. The van der Waals surface area contributed by atoms with E-state index in [0.29, 0.717) is 11.6 Å². The average Bonchev–Trinajstić information content (AvgIpc) is 2.60. The van der Waals surface area contributed by atoms with Gasteiger partial charge in [0.05, 0.1) is 11.9 Å². The zero-order valence-corrected chi connectivity index (χ0v) is 10.8. The molecule has 0 aromatic rings. The molecule has 0 aliphatic carbocycles. The lowest BCUT2D eigenvalue weighted by Crippen LogP contribution is -2.26. The zero-order valence-electron chi connectivity index (χ0n) is 10.0. The van der Waals surface area contributed by atoms with Gasteiger partial charge in [-0.15, -0.1) is 0 Å². The fourth-order valence-electron chi connectivity index (χ4n) is 1.38. The lowest BCUT2D eigenvalue weighted by Gasteiger charge is -2.15. The first-order valence-electron chi connectivity index (χ1n) is 5.29. The van der Waals surface area contributed by atoms with Crippen molar-refractivity contribution in [2.45, 2.75) is 26.9 Å². The first-order valence-corrected chi connectivity index (χ1v) is 6.28. The Bertz CT molecular complexity index is 409. The fraction of sp³-hybridized carbons (Fsp3) is 0.545. The number of carbonyl (C=O) groups is 2. The third-order valence-electron chi connectivity index (χ3n) is 2.07. The summed E-state index contributed by atoms with van der Waals surface area (Å²) in [4.78, 5) is 24.6. The van der Waals surface area contributed by atoms with Gasteiger partial charge >= 0.3 is 5.97 Å². The molecule has 6 heteroatoms. The minimum Gasteiger partial charge on any atom is -0.459 e. The molecule has 92 valence electrons. The van der Waals surface area contributed by atoms with Crippen LogP contribution >= 0.6 is 11.8 Å². The predicted molar refractivity (Wildman–Crippen MR) is 63.7 cm³/mol. The number of nitrogens with zero attached hydrogens (tertiary/aromatic N) is 2. The van der Waals surface area contributed by atoms with Gasteiger partial charge in [-0.05, 0) is 20.8 Å². The van der Waals surface area contributed by atoms with Crippen molar-refractivity contribution in [1.82, 2.24) is 4.90 Å². The number of rotatable bonds is 3. The number of ether oxygens (including phenoxy) is 1. The molecular formula is C11H14N2O3S. The number of hydrogen-bond acceptors (Lipinski definition) is 5. The van der Waals surface area contributed by atoms with Crippen LogP contribution in [0.5, 0.6) is 0 Å². The summed E-state index contributed by atoms with van der Waals surface area (Å²) in [7, 11) is 0. The van der Waals surface area contributed by atoms with Crippen LogP contribution in [0.15, 0.2) is 10.6 Å². The Hall–Kier alpha value is -1.48. The van der Waals surface area contributed by atoms with E-state index < -0.39 is 5.97 Å². The monoisotopic (exact) mass is 254 g/mol. The predicted octanol–water partition coefficient (Wildman–Crippen LogP) is 1.27. The number of nitriles is 1. The zero-order chi connectivity index (χ0) is 13.0. The molecule has 1 aliphatic heterocycles. The molecule has 1 rings (SSSR count). The van der Waals surface area contributed by atoms with Crippen molar-refractivity contribution < 1.29 is 14.3 Å². The lowest BCUT2D eigenvalue weighted by molar-refractivity contribution is -0.142. The second-order valence-electron chi connectivity index (χ2n) is 3.67. The van der Waals surface area contributed by atoms with Crippen LogP contribution in [0.3, 0.4) is 0 Å². The third-order valence-corrected chi connectivity index (χ3v) is 3.16. The summed E-state index contributed by atoms with van der Waals surface area (Å²) in [5.74, 6) is -0.487. The Kier molecular flexibility index (Phi) is 4.58. The molecule has 5 nitrogen and oxygen atoms in total. The molecule has 0 spiro atoms. The van der Waals surface area contributed by atoms with Gasteiger partial charge in [0.2, 0.25) is 5.91 Å². The molecule has 17 heavy (non-hydrogen) atoms. The van der Waals surface area contributed by atoms with Crippen molar-refractivity contribution in [3.05, 3.63) is 10.6 Å². The van der Waals surface area contributed by atoms with Gasteiger partial charge in [-0.3, -0.25) is 4.79 Å². The van der Waals surface area contributed by atoms with E-state index in [2.05, 4.69) is 0 Å². The van der Waals surface area contributed by atoms with Crippen LogP contribution in [0.25, 0.3) is 0 Å². The van der Waals surface area contributed by atoms with E-state index in [0.717, 1.165) is 0 Å². The number of esters is 1. The van der Waals surface area contributed by atoms with Crippen LogP contribution in [0.1, 0.15) is 20.8 Å². The standard InChI is InChI=1S/C11H14N2O3S/c1-4-13-9(14)6-17-10(13)8(5-12)11(15)16-7(2)3/h7H,4,6H2,1-3H3/b10-8-. The van der Waals surface area contributed by atoms with Crippen molar-refractivity contribution >= 4 is 23.6 Å². The molecule has 0 unspecified atom stereocenters. The molecule has 1 saturated heterocycles. The van der Waals surface area contributed by atoms with E-state index >= 15 is 0 Å². The van der Waals surface area contributed by atoms with Crippen LogP contribution in [0.4, 0.5) is 0 Å². The summed E-state index contributed by atoms with van der Waals surface area (Å²) < 4.78 is 4.97. The van der Waals surface area contributed by atoms with E-state index in [9.17, 15) is 9.59 Å². The highest BCUT2D eigenvalue weighted by Gasteiger charge is 2.31. The first-order chi connectivity index (χ1) is 8.01. The second kappa shape index (κ2) is 5.73. The summed E-state index contributed by atoms with van der Waals surface area (Å²) in [6, 6.07) is 1.82. The van der Waals surface area contributed by atoms with Gasteiger partial charge in [0, 0.05) is 6.54 Å². The van der Waals surface area contributed by atoms with Crippen molar-refractivity contribution in [2.75, 3.05) is 12.3 Å². The van der Waals surface area contributed by atoms with Gasteiger partial charge in [-0.2, -0.15) is 5.26 Å². The normalized spacial score (nSPS) is 18.3. The highest BCUT2D eigenvalue weighted by molar-refractivity contribution is 8.04. The highest BCUT2D eigenvalue weighted by Crippen LogP contribution is 2.31. The second-order valence-corrected chi connectivity index (χ2v) is 4.64. The molecule has 0 N–H and O–H groups in total. The summed E-state index contributed by atoms with van der Waals surface area (Å²) in [5, 5.41) is 9.42. The van der Waals surface area contributed by atoms with Crippen LogP contribution in [0, 0.1) is 11.3 Å². The topological polar surface area (TPSA) is 70.4 Å². The first kappa shape index (κ1) is 13.6. The van der Waals surface area contributed by atoms with E-state index in [-0.39, 0.29) is 23.3 Å². The quantitative estimate of drug-likeness (QED) is 0.431. The number of amides is 1. The van der Waals surface area contributed by atoms with E-state index in [1.807, 2.05) is 6.07 Å². The Labute approximate surface area is 104 Å². The van der Waals surface area contributed by atoms with Crippen LogP contribution in [-0.2, 0) is 14.3 Å². The Balaban J connectivity index is 3.03. The Morgan fingerprint density at radius 1 is 1.65 bits per heavy atom. The molecule has 1 fully saturated rings. The maximum Gasteiger partial charge on any atom is 0.351 e. The molecule has 1 aliphatic rings. The minimum atomic E-state index is -0.668. The van der Waals surface area contributed by atoms with Crippen molar-refractivity contribution in [2.24, 2.45) is 0 Å². The van der Waals surface area contributed by atoms with Gasteiger partial charge in [0.25, 0.3) is 0 Å². The highest BCUT2D eigenvalue weighted by atomic mass is 32.2. The van der Waals surface area contributed by atoms with Gasteiger partial charge in [0.1, 0.15) is 11.1 Å². The van der Waals surface area contributed by atoms with E-state index in [1.54, 1.807) is 20.8 Å². The summed E-state index contributed by atoms with van der Waals surface area (Å²) >= 11 is 1.20. The lowest BCUT2D eigenvalue weighted by atomic mass is 10.3. The molecule has 0 aromatic heterocycles. The largest absolute Gasteiger partial charge is 0.459 e. The van der Waals surface area contributed by atoms with Crippen molar-refractivity contribution in [3.8, 4) is 6.07 Å². The van der Waals surface area contributed by atoms with Crippen molar-refractivity contribution in [3.63, 3.8) is 0 Å². The maximum absolute atomic E-state index is 11.7. The van der Waals surface area contributed by atoms with E-state index in [1.165, 1.54) is 16.7 Å². The Morgan fingerprint density at radius 3 is 2.76 bits per heavy atom. The van der Waals surface area contributed by atoms with Gasteiger partial charge < -0.3 is 9.64 Å². The molecule has 1 amide bonds. The fourth-order valence-corrected chi connectivity index (χ4v) is 2.46. The summed E-state index contributed by atoms with van der Waals surface area (Å²) in [5.41, 5.74) is -0.0867. The van der Waals surface area contributed by atoms with E-state index in [4.69, 9.17) is 10.00 Å². The number of carbonyl (C=O) groups excluding carboxylic acids is 2. The number of hydrogen-bond donors (Lipinski definition) is 0. The van der Waals surface area contributed by atoms with Crippen LogP contribution in [-0.4, -0.2) is 35.2 Å². The molecule has 0 bridgehead atoms. The van der Waals surface area contributed by atoms with Gasteiger partial charge in [-0.1, -0.05) is 11.8 Å². The molecule has 0 aromatic carbocycles. The molecule has 0 saturated carbocycles. The van der Waals surface area contributed by atoms with Crippen LogP contribution in [0.2, 0.25) is 0 Å². The molecule has 1 heterocycles. The molecule has 0 atom stereocenters. The Morgan fingerprint density at radius 2 is 2.29 bits per heavy atom. The van der Waals surface area contributed by atoms with Gasteiger partial charge in [-0.25, -0.2) is 4.79 Å². The average molecular weight is 254 g/mol. The third kappa shape index (κ3) is 3.01. The maximum atomic E-state index is 11.7. The van der Waals surface area contributed by atoms with Crippen molar-refractivity contribution in [1.29, 1.82) is 5.26 Å². The van der Waals surface area contributed by atoms with Gasteiger partial charge in [0.15, 0.2) is 5.57 Å². The summed E-state index contributed by atoms with van der Waals surface area (Å²) in [6.07, 6.45) is -0.288. The number of thioether (sulfide) groups is 1. The SMILES string of the molecule is CCN1C(=O)CS/C1=C(/C#N)C(=O)OC(C)C. The molecule has 0 radical (unpaired) electrons.